The number of carbonyl (C=O) groups excluding carboxylic acids is 1. The molecule has 0 spiro atoms. The van der Waals surface area contributed by atoms with E-state index in [9.17, 15) is 9.18 Å². The lowest BCUT2D eigenvalue weighted by atomic mass is 9.75. The molecule has 0 radical (unpaired) electrons. The van der Waals surface area contributed by atoms with Gasteiger partial charge in [0.15, 0.2) is 0 Å². The van der Waals surface area contributed by atoms with Crippen molar-refractivity contribution >= 4 is 11.6 Å². The summed E-state index contributed by atoms with van der Waals surface area (Å²) in [6, 6.07) is 3.18. The van der Waals surface area contributed by atoms with E-state index in [1.54, 1.807) is 13.0 Å². The molecule has 3 N–H and O–H groups in total. The average molecular weight is 278 g/mol. The van der Waals surface area contributed by atoms with Crippen molar-refractivity contribution in [1.29, 1.82) is 0 Å². The molecular formula is C16H23FN2O. The maximum absolute atomic E-state index is 13.9. The number of hydrogen-bond donors (Lipinski definition) is 2. The second-order valence-electron chi connectivity index (χ2n) is 6.60. The first-order valence-corrected chi connectivity index (χ1v) is 7.15. The Labute approximate surface area is 119 Å². The van der Waals surface area contributed by atoms with Crippen LogP contribution < -0.4 is 11.1 Å². The van der Waals surface area contributed by atoms with Crippen LogP contribution in [0.2, 0.25) is 0 Å². The SMILES string of the molecule is Cc1c(F)cc(C(N)=O)cc1NC1CCCC(C)(C)C1. The minimum Gasteiger partial charge on any atom is -0.382 e. The van der Waals surface area contributed by atoms with Crippen LogP contribution in [0, 0.1) is 18.2 Å². The third kappa shape index (κ3) is 3.30. The number of nitrogens with two attached hydrogens (primary N) is 1. The Bertz CT molecular complexity index is 525. The molecule has 1 saturated carbocycles. The van der Waals surface area contributed by atoms with E-state index in [0.29, 0.717) is 22.7 Å². The number of carbonyl (C=O) groups is 1. The summed E-state index contributed by atoms with van der Waals surface area (Å²) in [5, 5.41) is 3.39. The third-order valence-corrected chi connectivity index (χ3v) is 4.19. The van der Waals surface area contributed by atoms with Gasteiger partial charge in [0.25, 0.3) is 0 Å². The van der Waals surface area contributed by atoms with Crippen LogP contribution in [-0.4, -0.2) is 11.9 Å². The molecule has 1 aliphatic carbocycles. The first kappa shape index (κ1) is 14.8. The summed E-state index contributed by atoms with van der Waals surface area (Å²) >= 11 is 0. The molecule has 110 valence electrons. The summed E-state index contributed by atoms with van der Waals surface area (Å²) in [5.74, 6) is -0.991. The molecule has 0 aromatic heterocycles. The zero-order valence-corrected chi connectivity index (χ0v) is 12.4. The van der Waals surface area contributed by atoms with Crippen LogP contribution in [0.15, 0.2) is 12.1 Å². The van der Waals surface area contributed by atoms with Gasteiger partial charge in [-0.25, -0.2) is 4.39 Å². The minimum atomic E-state index is -0.601. The summed E-state index contributed by atoms with van der Waals surface area (Å²) in [6.45, 7) is 6.23. The number of rotatable bonds is 3. The standard InChI is InChI=1S/C16H23FN2O/c1-10-13(17)7-11(15(18)20)8-14(10)19-12-5-4-6-16(2,3)9-12/h7-8,12,19H,4-6,9H2,1-3H3,(H2,18,20). The molecule has 0 bridgehead atoms. The van der Waals surface area contributed by atoms with Crippen molar-refractivity contribution in [3.8, 4) is 0 Å². The summed E-state index contributed by atoms with van der Waals surface area (Å²) in [5.41, 5.74) is 6.99. The molecule has 1 aliphatic rings. The molecule has 1 aromatic rings. The molecule has 3 nitrogen and oxygen atoms in total. The molecule has 20 heavy (non-hydrogen) atoms. The maximum Gasteiger partial charge on any atom is 0.248 e. The number of benzene rings is 1. The molecule has 1 atom stereocenters. The van der Waals surface area contributed by atoms with Crippen LogP contribution in [-0.2, 0) is 0 Å². The van der Waals surface area contributed by atoms with Crippen molar-refractivity contribution in [3.63, 3.8) is 0 Å². The van der Waals surface area contributed by atoms with E-state index in [1.165, 1.54) is 18.9 Å². The van der Waals surface area contributed by atoms with Gasteiger partial charge in [0.05, 0.1) is 0 Å². The van der Waals surface area contributed by atoms with Crippen molar-refractivity contribution in [2.24, 2.45) is 11.1 Å². The monoisotopic (exact) mass is 278 g/mol. The first-order valence-electron chi connectivity index (χ1n) is 7.15. The lowest BCUT2D eigenvalue weighted by Gasteiger charge is -2.36. The van der Waals surface area contributed by atoms with Gasteiger partial charge in [-0.2, -0.15) is 0 Å². The third-order valence-electron chi connectivity index (χ3n) is 4.19. The van der Waals surface area contributed by atoms with Gasteiger partial charge < -0.3 is 11.1 Å². The Kier molecular flexibility index (Phi) is 4.02. The quantitative estimate of drug-likeness (QED) is 0.887. The van der Waals surface area contributed by atoms with Crippen LogP contribution in [0.25, 0.3) is 0 Å². The molecule has 1 unspecified atom stereocenters. The second-order valence-corrected chi connectivity index (χ2v) is 6.60. The summed E-state index contributed by atoms with van der Waals surface area (Å²) in [6.07, 6.45) is 4.52. The van der Waals surface area contributed by atoms with Crippen molar-refractivity contribution < 1.29 is 9.18 Å². The van der Waals surface area contributed by atoms with Gasteiger partial charge in [-0.1, -0.05) is 20.3 Å². The van der Waals surface area contributed by atoms with Crippen LogP contribution in [0.3, 0.4) is 0 Å². The van der Waals surface area contributed by atoms with Crippen LogP contribution in [0.4, 0.5) is 10.1 Å². The highest BCUT2D eigenvalue weighted by molar-refractivity contribution is 5.94. The Morgan fingerprint density at radius 1 is 1.45 bits per heavy atom. The highest BCUT2D eigenvalue weighted by Crippen LogP contribution is 2.36. The fraction of sp³-hybridized carbons (Fsp3) is 0.562. The van der Waals surface area contributed by atoms with E-state index in [2.05, 4.69) is 19.2 Å². The van der Waals surface area contributed by atoms with Crippen molar-refractivity contribution in [3.05, 3.63) is 29.1 Å². The Morgan fingerprint density at radius 2 is 2.15 bits per heavy atom. The van der Waals surface area contributed by atoms with Gasteiger partial charge in [0, 0.05) is 22.9 Å². The van der Waals surface area contributed by atoms with E-state index in [1.807, 2.05) is 0 Å². The van der Waals surface area contributed by atoms with E-state index < -0.39 is 5.91 Å². The Balaban J connectivity index is 2.22. The van der Waals surface area contributed by atoms with Crippen LogP contribution >= 0.6 is 0 Å². The highest BCUT2D eigenvalue weighted by atomic mass is 19.1. The topological polar surface area (TPSA) is 55.1 Å². The van der Waals surface area contributed by atoms with Crippen LogP contribution in [0.5, 0.6) is 0 Å². The van der Waals surface area contributed by atoms with E-state index >= 15 is 0 Å². The van der Waals surface area contributed by atoms with Gasteiger partial charge >= 0.3 is 0 Å². The maximum atomic E-state index is 13.9. The number of anilines is 1. The molecule has 0 heterocycles. The molecule has 0 saturated heterocycles. The fourth-order valence-corrected chi connectivity index (χ4v) is 3.01. The zero-order chi connectivity index (χ0) is 14.9. The Hall–Kier alpha value is -1.58. The van der Waals surface area contributed by atoms with Crippen molar-refractivity contribution in [1.82, 2.24) is 0 Å². The minimum absolute atomic E-state index is 0.214. The number of halogens is 1. The van der Waals surface area contributed by atoms with Gasteiger partial charge in [-0.15, -0.1) is 0 Å². The van der Waals surface area contributed by atoms with Gasteiger partial charge in [0.2, 0.25) is 5.91 Å². The molecular weight excluding hydrogens is 255 g/mol. The summed E-state index contributed by atoms with van der Waals surface area (Å²) in [4.78, 5) is 11.2. The number of hydrogen-bond acceptors (Lipinski definition) is 2. The fourth-order valence-electron chi connectivity index (χ4n) is 3.01. The lowest BCUT2D eigenvalue weighted by Crippen LogP contribution is -2.32. The summed E-state index contributed by atoms with van der Waals surface area (Å²) in [7, 11) is 0. The number of amides is 1. The average Bonchev–Trinajstić information content (AvgIpc) is 2.33. The van der Waals surface area contributed by atoms with Crippen LogP contribution in [0.1, 0.15) is 55.5 Å². The lowest BCUT2D eigenvalue weighted by molar-refractivity contribution is 0.1000. The first-order chi connectivity index (χ1) is 9.28. The summed E-state index contributed by atoms with van der Waals surface area (Å²) < 4.78 is 13.9. The van der Waals surface area contributed by atoms with E-state index in [0.717, 1.165) is 12.8 Å². The number of primary amides is 1. The van der Waals surface area contributed by atoms with Crippen molar-refractivity contribution in [2.45, 2.75) is 52.5 Å². The van der Waals surface area contributed by atoms with Gasteiger partial charge in [0.1, 0.15) is 5.82 Å². The van der Waals surface area contributed by atoms with Crippen molar-refractivity contribution in [2.75, 3.05) is 5.32 Å². The number of nitrogens with one attached hydrogen (secondary N) is 1. The zero-order valence-electron chi connectivity index (χ0n) is 12.4. The Morgan fingerprint density at radius 3 is 2.75 bits per heavy atom. The molecule has 2 rings (SSSR count). The molecule has 1 fully saturated rings. The van der Waals surface area contributed by atoms with E-state index in [4.69, 9.17) is 5.73 Å². The van der Waals surface area contributed by atoms with Gasteiger partial charge in [-0.05, 0) is 43.7 Å². The normalized spacial score (nSPS) is 21.5. The second kappa shape index (κ2) is 5.43. The molecule has 4 heteroatoms. The molecule has 0 aliphatic heterocycles. The molecule has 1 aromatic carbocycles. The predicted molar refractivity (Wildman–Crippen MR) is 79.3 cm³/mol. The highest BCUT2D eigenvalue weighted by Gasteiger charge is 2.28. The largest absolute Gasteiger partial charge is 0.382 e. The van der Waals surface area contributed by atoms with Gasteiger partial charge in [-0.3, -0.25) is 4.79 Å². The molecule has 1 amide bonds. The van der Waals surface area contributed by atoms with E-state index in [-0.39, 0.29) is 11.4 Å². The smallest absolute Gasteiger partial charge is 0.248 e. The predicted octanol–water partition coefficient (Wildman–Crippen LogP) is 3.61.